The SMILES string of the molecule is N#Cc1c(N)nc2c(c1N)[C@H](c1cccc(Br)c1)c1ccc(N)cc1O2. The molecule has 1 aliphatic heterocycles. The van der Waals surface area contributed by atoms with Gasteiger partial charge in [-0.25, -0.2) is 0 Å². The summed E-state index contributed by atoms with van der Waals surface area (Å²) < 4.78 is 6.86. The molecular weight excluding hydrogens is 394 g/mol. The van der Waals surface area contributed by atoms with Gasteiger partial charge in [-0.2, -0.15) is 10.2 Å². The van der Waals surface area contributed by atoms with E-state index in [2.05, 4.69) is 20.9 Å². The van der Waals surface area contributed by atoms with Crippen LogP contribution < -0.4 is 21.9 Å². The van der Waals surface area contributed by atoms with Crippen LogP contribution in [0.15, 0.2) is 46.9 Å². The Morgan fingerprint density at radius 1 is 1.12 bits per heavy atom. The number of nitrogen functional groups attached to an aromatic ring is 3. The Labute approximate surface area is 158 Å². The van der Waals surface area contributed by atoms with Crippen LogP contribution in [0.3, 0.4) is 0 Å². The molecular formula is C19H14BrN5O. The Bertz CT molecular complexity index is 1090. The van der Waals surface area contributed by atoms with Gasteiger partial charge in [0.1, 0.15) is 23.2 Å². The minimum Gasteiger partial charge on any atom is -0.438 e. The third-order valence-corrected chi connectivity index (χ3v) is 4.90. The molecule has 6 N–H and O–H groups in total. The number of hydrogen-bond donors (Lipinski definition) is 3. The van der Waals surface area contributed by atoms with Gasteiger partial charge in [-0.1, -0.05) is 34.1 Å². The first-order chi connectivity index (χ1) is 12.5. The fourth-order valence-corrected chi connectivity index (χ4v) is 3.67. The summed E-state index contributed by atoms with van der Waals surface area (Å²) in [5.74, 6) is 0.678. The van der Waals surface area contributed by atoms with E-state index < -0.39 is 0 Å². The number of pyridine rings is 1. The molecule has 0 radical (unpaired) electrons. The van der Waals surface area contributed by atoms with Gasteiger partial charge in [0.2, 0.25) is 5.88 Å². The number of fused-ring (bicyclic) bond motifs is 2. The molecule has 2 heterocycles. The van der Waals surface area contributed by atoms with Gasteiger partial charge in [0.15, 0.2) is 0 Å². The van der Waals surface area contributed by atoms with Crippen molar-refractivity contribution in [3.63, 3.8) is 0 Å². The van der Waals surface area contributed by atoms with Crippen LogP contribution in [0.1, 0.15) is 28.2 Å². The fraction of sp³-hybridized carbons (Fsp3) is 0.0526. The third kappa shape index (κ3) is 2.43. The van der Waals surface area contributed by atoms with E-state index >= 15 is 0 Å². The van der Waals surface area contributed by atoms with Gasteiger partial charge in [0.25, 0.3) is 0 Å². The lowest BCUT2D eigenvalue weighted by Crippen LogP contribution is -2.17. The van der Waals surface area contributed by atoms with Crippen molar-refractivity contribution in [1.82, 2.24) is 4.98 Å². The van der Waals surface area contributed by atoms with Crippen molar-refractivity contribution in [3.05, 3.63) is 69.2 Å². The largest absolute Gasteiger partial charge is 0.438 e. The molecule has 6 nitrogen and oxygen atoms in total. The van der Waals surface area contributed by atoms with Crippen molar-refractivity contribution in [1.29, 1.82) is 5.26 Å². The van der Waals surface area contributed by atoms with E-state index in [1.807, 2.05) is 42.5 Å². The number of anilines is 3. The highest BCUT2D eigenvalue weighted by Crippen LogP contribution is 2.50. The molecule has 4 rings (SSSR count). The molecule has 0 bridgehead atoms. The molecule has 1 aliphatic rings. The van der Waals surface area contributed by atoms with Gasteiger partial charge in [-0.3, -0.25) is 0 Å². The quantitative estimate of drug-likeness (QED) is 0.412. The predicted octanol–water partition coefficient (Wildman–Crippen LogP) is 3.75. The predicted molar refractivity (Wildman–Crippen MR) is 104 cm³/mol. The first-order valence-electron chi connectivity index (χ1n) is 7.81. The van der Waals surface area contributed by atoms with Crippen LogP contribution in [0.5, 0.6) is 11.6 Å². The van der Waals surface area contributed by atoms with E-state index in [4.69, 9.17) is 21.9 Å². The molecule has 1 atom stereocenters. The highest BCUT2D eigenvalue weighted by atomic mass is 79.9. The smallest absolute Gasteiger partial charge is 0.227 e. The number of ether oxygens (including phenoxy) is 1. The molecule has 3 aromatic rings. The number of nitrogens with zero attached hydrogens (tertiary/aromatic N) is 2. The minimum absolute atomic E-state index is 0.0455. The second-order valence-corrected chi connectivity index (χ2v) is 6.92. The summed E-state index contributed by atoms with van der Waals surface area (Å²) in [6, 6.07) is 15.4. The highest BCUT2D eigenvalue weighted by molar-refractivity contribution is 9.10. The second-order valence-electron chi connectivity index (χ2n) is 6.00. The van der Waals surface area contributed by atoms with Crippen LogP contribution in [-0.2, 0) is 0 Å². The number of nitrogens with two attached hydrogens (primary N) is 3. The first-order valence-corrected chi connectivity index (χ1v) is 8.60. The van der Waals surface area contributed by atoms with Gasteiger partial charge in [0, 0.05) is 27.7 Å². The number of benzene rings is 2. The van der Waals surface area contributed by atoms with Gasteiger partial charge in [-0.05, 0) is 23.8 Å². The summed E-state index contributed by atoms with van der Waals surface area (Å²) >= 11 is 3.51. The van der Waals surface area contributed by atoms with Crippen LogP contribution in [-0.4, -0.2) is 4.98 Å². The molecule has 0 unspecified atom stereocenters. The Morgan fingerprint density at radius 2 is 1.92 bits per heavy atom. The lowest BCUT2D eigenvalue weighted by atomic mass is 9.82. The van der Waals surface area contributed by atoms with Crippen LogP contribution in [0, 0.1) is 11.3 Å². The summed E-state index contributed by atoms with van der Waals surface area (Å²) in [6.45, 7) is 0. The second kappa shape index (κ2) is 5.93. The van der Waals surface area contributed by atoms with E-state index in [9.17, 15) is 5.26 Å². The van der Waals surface area contributed by atoms with E-state index in [1.165, 1.54) is 0 Å². The van der Waals surface area contributed by atoms with Crippen molar-refractivity contribution >= 4 is 33.1 Å². The zero-order valence-electron chi connectivity index (χ0n) is 13.5. The fourth-order valence-electron chi connectivity index (χ4n) is 3.26. The summed E-state index contributed by atoms with van der Waals surface area (Å²) in [6.07, 6.45) is 0. The van der Waals surface area contributed by atoms with Crippen LogP contribution in [0.25, 0.3) is 0 Å². The van der Waals surface area contributed by atoms with Crippen molar-refractivity contribution < 1.29 is 4.74 Å². The number of nitriles is 1. The Balaban J connectivity index is 2.06. The average molecular weight is 408 g/mol. The molecule has 0 spiro atoms. The number of halogens is 1. The molecule has 1 aromatic heterocycles. The molecule has 2 aromatic carbocycles. The molecule has 0 aliphatic carbocycles. The topological polar surface area (TPSA) is 124 Å². The monoisotopic (exact) mass is 407 g/mol. The van der Waals surface area contributed by atoms with Gasteiger partial charge < -0.3 is 21.9 Å². The maximum absolute atomic E-state index is 9.42. The maximum Gasteiger partial charge on any atom is 0.227 e. The molecule has 7 heteroatoms. The minimum atomic E-state index is -0.257. The summed E-state index contributed by atoms with van der Waals surface area (Å²) in [5.41, 5.74) is 21.6. The summed E-state index contributed by atoms with van der Waals surface area (Å²) in [7, 11) is 0. The maximum atomic E-state index is 9.42. The van der Waals surface area contributed by atoms with E-state index in [0.717, 1.165) is 15.6 Å². The lowest BCUT2D eigenvalue weighted by molar-refractivity contribution is 0.435. The van der Waals surface area contributed by atoms with Gasteiger partial charge in [-0.15, -0.1) is 0 Å². The highest BCUT2D eigenvalue weighted by Gasteiger charge is 2.34. The normalized spacial score (nSPS) is 14.7. The Kier molecular flexibility index (Phi) is 3.71. The van der Waals surface area contributed by atoms with Crippen molar-refractivity contribution in [2.75, 3.05) is 17.2 Å². The van der Waals surface area contributed by atoms with Crippen molar-refractivity contribution in [2.24, 2.45) is 0 Å². The van der Waals surface area contributed by atoms with E-state index in [1.54, 1.807) is 6.07 Å². The standard InChI is InChI=1S/C19H14BrN5O/c20-10-3-1-2-9(6-10)15-12-5-4-11(22)7-14(12)26-19-16(15)17(23)13(8-21)18(24)25-19/h1-7,15H,22H2,(H4,23,24,25)/t15-/m1/s1. The van der Waals surface area contributed by atoms with Crippen LogP contribution >= 0.6 is 15.9 Å². The number of aromatic nitrogens is 1. The molecule has 26 heavy (non-hydrogen) atoms. The lowest BCUT2D eigenvalue weighted by Gasteiger charge is -2.29. The average Bonchev–Trinajstić information content (AvgIpc) is 2.60. The van der Waals surface area contributed by atoms with Gasteiger partial charge >= 0.3 is 0 Å². The van der Waals surface area contributed by atoms with Crippen molar-refractivity contribution in [2.45, 2.75) is 5.92 Å². The summed E-state index contributed by atoms with van der Waals surface area (Å²) in [5, 5.41) is 9.42. The zero-order chi connectivity index (χ0) is 18.4. The van der Waals surface area contributed by atoms with E-state index in [-0.39, 0.29) is 23.0 Å². The molecule has 0 saturated heterocycles. The van der Waals surface area contributed by atoms with Crippen LogP contribution in [0.4, 0.5) is 17.2 Å². The van der Waals surface area contributed by atoms with Crippen LogP contribution in [0.2, 0.25) is 0 Å². The third-order valence-electron chi connectivity index (χ3n) is 4.41. The molecule has 0 amide bonds. The van der Waals surface area contributed by atoms with E-state index in [0.29, 0.717) is 22.9 Å². The molecule has 0 fully saturated rings. The van der Waals surface area contributed by atoms with Gasteiger partial charge in [0.05, 0.1) is 11.3 Å². The summed E-state index contributed by atoms with van der Waals surface area (Å²) in [4.78, 5) is 4.27. The first kappa shape index (κ1) is 16.2. The number of hydrogen-bond acceptors (Lipinski definition) is 6. The number of rotatable bonds is 1. The molecule has 0 saturated carbocycles. The Hall–Kier alpha value is -3.24. The van der Waals surface area contributed by atoms with Crippen molar-refractivity contribution in [3.8, 4) is 17.7 Å². The zero-order valence-corrected chi connectivity index (χ0v) is 15.1. The molecule has 128 valence electrons. The Morgan fingerprint density at radius 3 is 2.65 bits per heavy atom.